The number of hydrogen-bond acceptors (Lipinski definition) is 5. The fourth-order valence-corrected chi connectivity index (χ4v) is 7.83. The van der Waals surface area contributed by atoms with E-state index in [4.69, 9.17) is 4.74 Å². The summed E-state index contributed by atoms with van der Waals surface area (Å²) in [5.74, 6) is 0.878. The SMILES string of the molecule is CN(C(=O)c1cc2cccc(-c3ccc(C(F)(F)F)cc3)c2s1)C1CCN(Cc2ccc(OC3CCNCC3)c(Br)c2)CC1. The number of halogens is 4. The molecule has 0 unspecified atom stereocenters. The number of thiophene rings is 1. The van der Waals surface area contributed by atoms with Crippen molar-refractivity contribution in [1.29, 1.82) is 0 Å². The van der Waals surface area contributed by atoms with Crippen molar-refractivity contribution in [2.24, 2.45) is 0 Å². The van der Waals surface area contributed by atoms with Crippen molar-refractivity contribution in [1.82, 2.24) is 15.1 Å². The monoisotopic (exact) mass is 685 g/mol. The molecular weight excluding hydrogens is 651 g/mol. The number of carbonyl (C=O) groups excluding carboxylic acids is 1. The van der Waals surface area contributed by atoms with E-state index in [1.54, 1.807) is 0 Å². The van der Waals surface area contributed by atoms with Gasteiger partial charge < -0.3 is 15.0 Å². The average Bonchev–Trinajstić information content (AvgIpc) is 3.47. The first-order valence-corrected chi connectivity index (χ1v) is 16.6. The summed E-state index contributed by atoms with van der Waals surface area (Å²) in [5, 5.41) is 4.28. The van der Waals surface area contributed by atoms with E-state index < -0.39 is 11.7 Å². The van der Waals surface area contributed by atoms with Crippen LogP contribution in [0, 0.1) is 0 Å². The van der Waals surface area contributed by atoms with Gasteiger partial charge in [0.1, 0.15) is 11.9 Å². The van der Waals surface area contributed by atoms with Gasteiger partial charge in [0.25, 0.3) is 5.91 Å². The number of rotatable bonds is 7. The Hall–Kier alpha value is -2.92. The molecule has 1 N–H and O–H groups in total. The molecule has 0 atom stereocenters. The quantitative estimate of drug-likeness (QED) is 0.213. The molecule has 3 heterocycles. The van der Waals surface area contributed by atoms with Crippen LogP contribution in [0.5, 0.6) is 5.75 Å². The van der Waals surface area contributed by atoms with Gasteiger partial charge in [-0.05, 0) is 107 Å². The minimum absolute atomic E-state index is 0.0173. The Morgan fingerprint density at radius 3 is 2.43 bits per heavy atom. The first-order valence-electron chi connectivity index (χ1n) is 15.0. The van der Waals surface area contributed by atoms with Gasteiger partial charge in [-0.2, -0.15) is 13.2 Å². The van der Waals surface area contributed by atoms with Crippen molar-refractivity contribution in [2.75, 3.05) is 33.2 Å². The number of benzene rings is 3. The lowest BCUT2D eigenvalue weighted by Crippen LogP contribution is -2.45. The van der Waals surface area contributed by atoms with Crippen LogP contribution < -0.4 is 10.1 Å². The van der Waals surface area contributed by atoms with Crippen molar-refractivity contribution >= 4 is 43.3 Å². The average molecular weight is 687 g/mol. The Kier molecular flexibility index (Phi) is 9.33. The highest BCUT2D eigenvalue weighted by atomic mass is 79.9. The molecular formula is C34H35BrF3N3O2S. The van der Waals surface area contributed by atoms with E-state index >= 15 is 0 Å². The predicted octanol–water partition coefficient (Wildman–Crippen LogP) is 8.22. The summed E-state index contributed by atoms with van der Waals surface area (Å²) in [7, 11) is 1.88. The van der Waals surface area contributed by atoms with Crippen LogP contribution >= 0.6 is 27.3 Å². The second kappa shape index (κ2) is 13.2. The Morgan fingerprint density at radius 2 is 1.75 bits per heavy atom. The molecule has 1 aromatic heterocycles. The molecule has 2 aliphatic heterocycles. The van der Waals surface area contributed by atoms with Gasteiger partial charge in [0, 0.05) is 37.4 Å². The highest BCUT2D eigenvalue weighted by molar-refractivity contribution is 9.10. The molecule has 232 valence electrons. The molecule has 3 aromatic carbocycles. The van der Waals surface area contributed by atoms with Crippen LogP contribution in [-0.4, -0.2) is 61.1 Å². The molecule has 2 aliphatic rings. The molecule has 2 saturated heterocycles. The van der Waals surface area contributed by atoms with Crippen LogP contribution in [0.2, 0.25) is 0 Å². The van der Waals surface area contributed by atoms with E-state index in [1.165, 1.54) is 29.0 Å². The van der Waals surface area contributed by atoms with E-state index in [9.17, 15) is 18.0 Å². The minimum Gasteiger partial charge on any atom is -0.489 e. The summed E-state index contributed by atoms with van der Waals surface area (Å²) in [6.45, 7) is 4.64. The Bertz CT molecular complexity index is 1610. The Balaban J connectivity index is 1.06. The van der Waals surface area contributed by atoms with Crippen molar-refractivity contribution in [2.45, 2.75) is 50.6 Å². The summed E-state index contributed by atoms with van der Waals surface area (Å²) in [4.78, 5) is 18.5. The third-order valence-corrected chi connectivity index (χ3v) is 10.5. The molecule has 0 radical (unpaired) electrons. The number of nitrogens with one attached hydrogen (secondary N) is 1. The molecule has 1 amide bonds. The first-order chi connectivity index (χ1) is 21.2. The molecule has 6 rings (SSSR count). The zero-order chi connectivity index (χ0) is 30.8. The number of alkyl halides is 3. The summed E-state index contributed by atoms with van der Waals surface area (Å²) in [6, 6.07) is 19.3. The van der Waals surface area contributed by atoms with E-state index in [0.717, 1.165) is 96.4 Å². The molecule has 5 nitrogen and oxygen atoms in total. The van der Waals surface area contributed by atoms with Gasteiger partial charge in [0.15, 0.2) is 0 Å². The van der Waals surface area contributed by atoms with Gasteiger partial charge >= 0.3 is 6.18 Å². The highest BCUT2D eigenvalue weighted by Crippen LogP contribution is 2.37. The fourth-order valence-electron chi connectivity index (χ4n) is 6.13. The van der Waals surface area contributed by atoms with Crippen LogP contribution in [0.15, 0.2) is 71.2 Å². The smallest absolute Gasteiger partial charge is 0.416 e. The van der Waals surface area contributed by atoms with Crippen LogP contribution in [0.3, 0.4) is 0 Å². The number of likely N-dealkylation sites (tertiary alicyclic amines) is 1. The summed E-state index contributed by atoms with van der Waals surface area (Å²) >= 11 is 5.11. The largest absolute Gasteiger partial charge is 0.489 e. The number of ether oxygens (including phenoxy) is 1. The van der Waals surface area contributed by atoms with Crippen molar-refractivity contribution in [3.05, 3.63) is 87.2 Å². The number of piperidine rings is 2. The topological polar surface area (TPSA) is 44.8 Å². The van der Waals surface area contributed by atoms with Crippen LogP contribution in [0.1, 0.15) is 46.5 Å². The predicted molar refractivity (Wildman–Crippen MR) is 173 cm³/mol. The molecule has 10 heteroatoms. The zero-order valence-electron chi connectivity index (χ0n) is 24.5. The van der Waals surface area contributed by atoms with Crippen LogP contribution in [-0.2, 0) is 12.7 Å². The maximum atomic E-state index is 13.6. The summed E-state index contributed by atoms with van der Waals surface area (Å²) in [5.41, 5.74) is 2.08. The Labute approximate surface area is 268 Å². The van der Waals surface area contributed by atoms with Crippen molar-refractivity contribution in [3.8, 4) is 16.9 Å². The number of carbonyl (C=O) groups is 1. The normalized spacial score (nSPS) is 17.2. The van der Waals surface area contributed by atoms with E-state index in [-0.39, 0.29) is 18.1 Å². The van der Waals surface area contributed by atoms with E-state index in [0.29, 0.717) is 10.4 Å². The molecule has 4 aromatic rings. The third-order valence-electron chi connectivity index (χ3n) is 8.69. The van der Waals surface area contributed by atoms with Gasteiger partial charge in [0.2, 0.25) is 0 Å². The first kappa shape index (κ1) is 31.1. The van der Waals surface area contributed by atoms with Gasteiger partial charge in [-0.1, -0.05) is 36.4 Å². The molecule has 2 fully saturated rings. The fraction of sp³-hybridized carbons (Fsp3) is 0.382. The number of fused-ring (bicyclic) bond motifs is 1. The maximum Gasteiger partial charge on any atom is 0.416 e. The number of amides is 1. The molecule has 44 heavy (non-hydrogen) atoms. The second-order valence-corrected chi connectivity index (χ2v) is 13.6. The highest BCUT2D eigenvalue weighted by Gasteiger charge is 2.30. The van der Waals surface area contributed by atoms with E-state index in [2.05, 4.69) is 44.3 Å². The van der Waals surface area contributed by atoms with Gasteiger partial charge in [0.05, 0.1) is 14.9 Å². The molecule has 0 spiro atoms. The van der Waals surface area contributed by atoms with Gasteiger partial charge in [-0.25, -0.2) is 0 Å². The van der Waals surface area contributed by atoms with Crippen molar-refractivity contribution < 1.29 is 22.7 Å². The summed E-state index contributed by atoms with van der Waals surface area (Å²) < 4.78 is 47.3. The minimum atomic E-state index is -4.38. The number of hydrogen-bond donors (Lipinski definition) is 1. The third kappa shape index (κ3) is 6.98. The zero-order valence-corrected chi connectivity index (χ0v) is 26.9. The lowest BCUT2D eigenvalue weighted by atomic mass is 10.0. The number of nitrogens with zero attached hydrogens (tertiary/aromatic N) is 2. The summed E-state index contributed by atoms with van der Waals surface area (Å²) in [6.07, 6.45) is -0.298. The molecule has 0 saturated carbocycles. The van der Waals surface area contributed by atoms with Gasteiger partial charge in [-0.15, -0.1) is 11.3 Å². The lowest BCUT2D eigenvalue weighted by Gasteiger charge is -2.36. The maximum absolute atomic E-state index is 13.6. The van der Waals surface area contributed by atoms with E-state index in [1.807, 2.05) is 36.2 Å². The molecule has 0 bridgehead atoms. The standard InChI is InChI=1S/C34H35BrF3N3O2S/c1-40(26-13-17-41(18-14-26)21-22-5-10-30(29(35)19-22)43-27-11-15-39-16-12-27)33(42)31-20-24-3-2-4-28(32(24)44-31)23-6-8-25(9-7-23)34(36,37)38/h2-10,19-20,26-27,39H,11-18,21H2,1H3. The van der Waals surface area contributed by atoms with Crippen molar-refractivity contribution in [3.63, 3.8) is 0 Å². The van der Waals surface area contributed by atoms with Crippen LogP contribution in [0.4, 0.5) is 13.2 Å². The Morgan fingerprint density at radius 1 is 1.02 bits per heavy atom. The lowest BCUT2D eigenvalue weighted by molar-refractivity contribution is -0.137. The molecule has 0 aliphatic carbocycles. The second-order valence-electron chi connectivity index (χ2n) is 11.7. The van der Waals surface area contributed by atoms with Gasteiger partial charge in [-0.3, -0.25) is 9.69 Å². The van der Waals surface area contributed by atoms with Crippen LogP contribution in [0.25, 0.3) is 21.2 Å².